The third-order valence-electron chi connectivity index (χ3n) is 1.65. The van der Waals surface area contributed by atoms with Crippen LogP contribution in [0.25, 0.3) is 0 Å². The zero-order valence-electron chi connectivity index (χ0n) is 7.50. The number of nitrogens with zero attached hydrogens (tertiary/aromatic N) is 2. The summed E-state index contributed by atoms with van der Waals surface area (Å²) in [4.78, 5) is 5.21. The third kappa shape index (κ3) is 2.15. The minimum absolute atomic E-state index is 0.302. The van der Waals surface area contributed by atoms with Gasteiger partial charge in [-0.1, -0.05) is 6.58 Å². The molecule has 0 saturated carbocycles. The Labute approximate surface area is 77.1 Å². The average Bonchev–Trinajstić information content (AvgIpc) is 2.09. The molecule has 0 aromatic heterocycles. The van der Waals surface area contributed by atoms with Crippen LogP contribution in [0.5, 0.6) is 0 Å². The number of halogens is 1. The maximum absolute atomic E-state index is 12.8. The molecule has 3 heteroatoms. The molecule has 0 aliphatic carbocycles. The van der Waals surface area contributed by atoms with Gasteiger partial charge in [0.1, 0.15) is 5.83 Å². The van der Waals surface area contributed by atoms with Gasteiger partial charge in [-0.15, -0.1) is 0 Å². The molecule has 1 rings (SSSR count). The molecular weight excluding hydrogens is 167 g/mol. The molecule has 1 aliphatic rings. The number of allylic oxidation sites excluding steroid dienone is 4. The predicted molar refractivity (Wildman–Crippen MR) is 52.6 cm³/mol. The van der Waals surface area contributed by atoms with Crippen molar-refractivity contribution in [3.05, 3.63) is 48.4 Å². The molecule has 0 radical (unpaired) electrons. The Hall–Kier alpha value is -1.64. The normalized spacial score (nSPS) is 17.4. The van der Waals surface area contributed by atoms with Gasteiger partial charge in [-0.05, 0) is 25.8 Å². The first-order valence-electron chi connectivity index (χ1n) is 3.81. The molecule has 2 nitrogen and oxygen atoms in total. The monoisotopic (exact) mass is 178 g/mol. The van der Waals surface area contributed by atoms with E-state index in [1.807, 2.05) is 6.92 Å². The molecule has 0 fully saturated rings. The molecule has 0 spiro atoms. The minimum Gasteiger partial charge on any atom is -0.317 e. The van der Waals surface area contributed by atoms with Crippen LogP contribution >= 0.6 is 0 Å². The molecule has 68 valence electrons. The van der Waals surface area contributed by atoms with Crippen molar-refractivity contribution in [3.63, 3.8) is 0 Å². The number of aliphatic imine (C=N–C) groups is 1. The third-order valence-corrected chi connectivity index (χ3v) is 1.65. The van der Waals surface area contributed by atoms with Crippen LogP contribution in [-0.4, -0.2) is 11.6 Å². The van der Waals surface area contributed by atoms with Crippen molar-refractivity contribution >= 4 is 6.72 Å². The van der Waals surface area contributed by atoms with E-state index in [0.29, 0.717) is 5.70 Å². The summed E-state index contributed by atoms with van der Waals surface area (Å²) in [6.45, 7) is 8.89. The van der Waals surface area contributed by atoms with Gasteiger partial charge in [0.05, 0.1) is 0 Å². The Bertz CT molecular complexity index is 324. The van der Waals surface area contributed by atoms with Crippen LogP contribution in [0.2, 0.25) is 0 Å². The van der Waals surface area contributed by atoms with Crippen molar-refractivity contribution in [3.8, 4) is 0 Å². The lowest BCUT2D eigenvalue weighted by Crippen LogP contribution is -2.14. The molecule has 0 unspecified atom stereocenters. The van der Waals surface area contributed by atoms with Gasteiger partial charge in [-0.3, -0.25) is 4.99 Å². The van der Waals surface area contributed by atoms with E-state index in [1.165, 1.54) is 12.3 Å². The molecule has 0 amide bonds. The van der Waals surface area contributed by atoms with E-state index in [1.54, 1.807) is 17.2 Å². The molecule has 13 heavy (non-hydrogen) atoms. The molecular formula is C10H11FN2. The molecule has 0 aromatic carbocycles. The second-order valence-corrected chi connectivity index (χ2v) is 2.66. The largest absolute Gasteiger partial charge is 0.317 e. The Morgan fingerprint density at radius 2 is 2.31 bits per heavy atom. The first-order valence-corrected chi connectivity index (χ1v) is 3.81. The minimum atomic E-state index is -0.302. The fourth-order valence-electron chi connectivity index (χ4n) is 1.03. The van der Waals surface area contributed by atoms with Crippen LogP contribution in [0.15, 0.2) is 53.3 Å². The van der Waals surface area contributed by atoms with E-state index in [0.717, 1.165) is 5.70 Å². The highest BCUT2D eigenvalue weighted by atomic mass is 19.1. The van der Waals surface area contributed by atoms with E-state index >= 15 is 0 Å². The van der Waals surface area contributed by atoms with Gasteiger partial charge in [0.25, 0.3) is 0 Å². The summed E-state index contributed by atoms with van der Waals surface area (Å²) in [5.74, 6) is -0.302. The van der Waals surface area contributed by atoms with Gasteiger partial charge < -0.3 is 4.90 Å². The quantitative estimate of drug-likeness (QED) is 0.593. The fraction of sp³-hybridized carbons (Fsp3) is 0.100. The summed E-state index contributed by atoms with van der Waals surface area (Å²) in [6, 6.07) is 0. The molecule has 0 aromatic rings. The maximum Gasteiger partial charge on any atom is 0.139 e. The Kier molecular flexibility index (Phi) is 2.80. The topological polar surface area (TPSA) is 15.6 Å². The highest BCUT2D eigenvalue weighted by Crippen LogP contribution is 2.20. The molecule has 1 aliphatic heterocycles. The van der Waals surface area contributed by atoms with Crippen LogP contribution in [0.1, 0.15) is 6.92 Å². The zero-order valence-corrected chi connectivity index (χ0v) is 7.50. The second-order valence-electron chi connectivity index (χ2n) is 2.66. The summed E-state index contributed by atoms with van der Waals surface area (Å²) >= 11 is 0. The Morgan fingerprint density at radius 3 is 2.92 bits per heavy atom. The predicted octanol–water partition coefficient (Wildman–Crippen LogP) is 2.74. The van der Waals surface area contributed by atoms with Crippen LogP contribution < -0.4 is 0 Å². The van der Waals surface area contributed by atoms with Crippen LogP contribution in [0.3, 0.4) is 0 Å². The van der Waals surface area contributed by atoms with Gasteiger partial charge in [0, 0.05) is 23.8 Å². The van der Waals surface area contributed by atoms with E-state index in [-0.39, 0.29) is 5.83 Å². The second kappa shape index (κ2) is 3.85. The lowest BCUT2D eigenvalue weighted by atomic mass is 10.2. The highest BCUT2D eigenvalue weighted by molar-refractivity contribution is 5.33. The molecule has 0 bridgehead atoms. The van der Waals surface area contributed by atoms with Gasteiger partial charge >= 0.3 is 0 Å². The van der Waals surface area contributed by atoms with Crippen molar-refractivity contribution < 1.29 is 4.39 Å². The summed E-state index contributed by atoms with van der Waals surface area (Å²) < 4.78 is 12.8. The van der Waals surface area contributed by atoms with Gasteiger partial charge in [0.15, 0.2) is 0 Å². The first-order chi connectivity index (χ1) is 6.15. The summed E-state index contributed by atoms with van der Waals surface area (Å²) in [7, 11) is 0. The first kappa shape index (κ1) is 9.45. The van der Waals surface area contributed by atoms with Crippen molar-refractivity contribution in [1.29, 1.82) is 0 Å². The Balaban J connectivity index is 2.93. The summed E-state index contributed by atoms with van der Waals surface area (Å²) in [5, 5.41) is 0. The zero-order chi connectivity index (χ0) is 9.84. The van der Waals surface area contributed by atoms with Gasteiger partial charge in [-0.25, -0.2) is 4.39 Å². The van der Waals surface area contributed by atoms with Crippen molar-refractivity contribution in [2.24, 2.45) is 4.99 Å². The van der Waals surface area contributed by atoms with Crippen molar-refractivity contribution in [2.75, 3.05) is 0 Å². The molecule has 0 saturated heterocycles. The van der Waals surface area contributed by atoms with E-state index in [2.05, 4.69) is 18.3 Å². The fourth-order valence-corrected chi connectivity index (χ4v) is 1.03. The van der Waals surface area contributed by atoms with Crippen molar-refractivity contribution in [2.45, 2.75) is 6.92 Å². The van der Waals surface area contributed by atoms with E-state index < -0.39 is 0 Å². The lowest BCUT2D eigenvalue weighted by molar-refractivity contribution is 0.542. The smallest absolute Gasteiger partial charge is 0.139 e. The standard InChI is InChI=1S/C10H11FN2/c1-8-4-5-10(11)7-13(8)9(2)6-12-3/h4-7H,1,3H2,2H3/b9-6+. The van der Waals surface area contributed by atoms with E-state index in [9.17, 15) is 4.39 Å². The number of hydrogen-bond acceptors (Lipinski definition) is 2. The van der Waals surface area contributed by atoms with E-state index in [4.69, 9.17) is 0 Å². The van der Waals surface area contributed by atoms with Gasteiger partial charge in [-0.2, -0.15) is 0 Å². The molecule has 0 N–H and O–H groups in total. The summed E-state index contributed by atoms with van der Waals surface area (Å²) in [5.41, 5.74) is 1.48. The SMILES string of the molecule is C=N/C=C(\C)N1C=C(F)C=CC1=C. The molecule has 0 atom stereocenters. The van der Waals surface area contributed by atoms with Crippen molar-refractivity contribution in [1.82, 2.24) is 4.90 Å². The maximum atomic E-state index is 12.8. The number of hydrogen-bond donors (Lipinski definition) is 0. The van der Waals surface area contributed by atoms with Gasteiger partial charge in [0.2, 0.25) is 0 Å². The summed E-state index contributed by atoms with van der Waals surface area (Å²) in [6.07, 6.45) is 5.89. The average molecular weight is 178 g/mol. The van der Waals surface area contributed by atoms with Crippen LogP contribution in [0, 0.1) is 0 Å². The highest BCUT2D eigenvalue weighted by Gasteiger charge is 2.09. The Morgan fingerprint density at radius 1 is 1.62 bits per heavy atom. The van der Waals surface area contributed by atoms with Crippen LogP contribution in [-0.2, 0) is 0 Å². The lowest BCUT2D eigenvalue weighted by Gasteiger charge is -2.23. The number of rotatable bonds is 2. The van der Waals surface area contributed by atoms with Crippen LogP contribution in [0.4, 0.5) is 4.39 Å². The molecule has 1 heterocycles.